The molecule has 1 aliphatic rings. The maximum absolute atomic E-state index is 12.3. The van der Waals surface area contributed by atoms with Crippen molar-refractivity contribution in [2.45, 2.75) is 32.9 Å². The molecular formula is C22H26ClN7O3. The number of hydrogen-bond acceptors (Lipinski definition) is 9. The van der Waals surface area contributed by atoms with Gasteiger partial charge in [0.2, 0.25) is 17.8 Å². The van der Waals surface area contributed by atoms with Gasteiger partial charge in [-0.1, -0.05) is 23.7 Å². The van der Waals surface area contributed by atoms with E-state index in [2.05, 4.69) is 25.4 Å². The van der Waals surface area contributed by atoms with Crippen molar-refractivity contribution in [3.8, 4) is 11.9 Å². The minimum atomic E-state index is -0.259. The summed E-state index contributed by atoms with van der Waals surface area (Å²) in [4.78, 5) is 27.8. The summed E-state index contributed by atoms with van der Waals surface area (Å²) in [6, 6.07) is 10.2. The lowest BCUT2D eigenvalue weighted by Gasteiger charge is -2.27. The molecule has 3 aromatic rings. The van der Waals surface area contributed by atoms with Crippen LogP contribution in [-0.4, -0.2) is 56.6 Å². The highest BCUT2D eigenvalue weighted by atomic mass is 35.5. The fourth-order valence-corrected chi connectivity index (χ4v) is 3.27. The largest absolute Gasteiger partial charge is 0.403 e. The van der Waals surface area contributed by atoms with Crippen molar-refractivity contribution >= 4 is 23.5 Å². The number of halogens is 1. The van der Waals surface area contributed by atoms with Crippen LogP contribution in [-0.2, 0) is 11.3 Å². The van der Waals surface area contributed by atoms with Crippen molar-refractivity contribution in [3.63, 3.8) is 0 Å². The van der Waals surface area contributed by atoms with E-state index in [1.54, 1.807) is 12.1 Å². The van der Waals surface area contributed by atoms with Gasteiger partial charge in [-0.15, -0.1) is 5.10 Å². The topological polar surface area (TPSA) is 107 Å². The zero-order valence-electron chi connectivity index (χ0n) is 18.8. The lowest BCUT2D eigenvalue weighted by Crippen LogP contribution is -2.38. The third kappa shape index (κ3) is 6.39. The van der Waals surface area contributed by atoms with E-state index in [0.717, 1.165) is 5.56 Å². The number of anilines is 2. The molecule has 0 saturated carbocycles. The lowest BCUT2D eigenvalue weighted by atomic mass is 10.1. The quantitative estimate of drug-likeness (QED) is 0.580. The standard InChI is InChI=1S/C22H26ClN7O3/c1-22(2,3)27-19-24-20(29-10-12-32-13-11-29)26-21(25-19)33-17-8-9-18(31)30(28-17)14-15-4-6-16(23)7-5-15/h4-9H,10-14H2,1-3H3,(H,24,25,26,27). The first-order chi connectivity index (χ1) is 15.7. The highest BCUT2D eigenvalue weighted by Crippen LogP contribution is 2.22. The first-order valence-electron chi connectivity index (χ1n) is 10.6. The van der Waals surface area contributed by atoms with Crippen molar-refractivity contribution in [3.05, 3.63) is 57.3 Å². The maximum atomic E-state index is 12.3. The minimum absolute atomic E-state index is 0.0856. The van der Waals surface area contributed by atoms with Crippen LogP contribution in [0.5, 0.6) is 11.9 Å². The van der Waals surface area contributed by atoms with Crippen LogP contribution in [0.15, 0.2) is 41.2 Å². The van der Waals surface area contributed by atoms with E-state index in [1.807, 2.05) is 37.8 Å². The number of morpholine rings is 1. The van der Waals surface area contributed by atoms with E-state index in [0.29, 0.717) is 43.2 Å². The van der Waals surface area contributed by atoms with Gasteiger partial charge in [-0.3, -0.25) is 4.79 Å². The van der Waals surface area contributed by atoms with Crippen molar-refractivity contribution < 1.29 is 9.47 Å². The summed E-state index contributed by atoms with van der Waals surface area (Å²) in [5.74, 6) is 1.08. The third-order valence-electron chi connectivity index (χ3n) is 4.67. The van der Waals surface area contributed by atoms with E-state index in [-0.39, 0.29) is 29.5 Å². The summed E-state index contributed by atoms with van der Waals surface area (Å²) >= 11 is 5.94. The van der Waals surface area contributed by atoms with Crippen LogP contribution in [0.2, 0.25) is 5.02 Å². The Balaban J connectivity index is 1.61. The lowest BCUT2D eigenvalue weighted by molar-refractivity contribution is 0.122. The molecule has 3 heterocycles. The number of benzene rings is 1. The molecule has 0 unspecified atom stereocenters. The molecule has 0 spiro atoms. The van der Waals surface area contributed by atoms with Gasteiger partial charge < -0.3 is 19.7 Å². The zero-order valence-corrected chi connectivity index (χ0v) is 19.5. The van der Waals surface area contributed by atoms with E-state index in [9.17, 15) is 4.79 Å². The summed E-state index contributed by atoms with van der Waals surface area (Å²) < 4.78 is 12.6. The molecule has 1 aromatic carbocycles. The summed E-state index contributed by atoms with van der Waals surface area (Å²) in [6.07, 6.45) is 0. The van der Waals surface area contributed by atoms with Crippen molar-refractivity contribution in [1.29, 1.82) is 0 Å². The summed E-state index contributed by atoms with van der Waals surface area (Å²) in [6.45, 7) is 8.85. The normalized spacial score (nSPS) is 14.2. The smallest absolute Gasteiger partial charge is 0.330 e. The Morgan fingerprint density at radius 3 is 2.48 bits per heavy atom. The molecule has 11 heteroatoms. The second-order valence-corrected chi connectivity index (χ2v) is 9.05. The molecule has 2 aromatic heterocycles. The fourth-order valence-electron chi connectivity index (χ4n) is 3.14. The SMILES string of the molecule is CC(C)(C)Nc1nc(Oc2ccc(=O)n(Cc3ccc(Cl)cc3)n2)nc(N2CCOCC2)n1. The second-order valence-electron chi connectivity index (χ2n) is 8.61. The Morgan fingerprint density at radius 1 is 1.06 bits per heavy atom. The van der Waals surface area contributed by atoms with E-state index in [4.69, 9.17) is 21.1 Å². The number of nitrogens with zero attached hydrogens (tertiary/aromatic N) is 6. The maximum Gasteiger partial charge on any atom is 0.330 e. The Hall–Kier alpha value is -3.24. The molecule has 0 aliphatic carbocycles. The van der Waals surface area contributed by atoms with Crippen LogP contribution < -0.4 is 20.5 Å². The average molecular weight is 472 g/mol. The number of nitrogens with one attached hydrogen (secondary N) is 1. The highest BCUT2D eigenvalue weighted by molar-refractivity contribution is 6.30. The van der Waals surface area contributed by atoms with Gasteiger partial charge in [0.25, 0.3) is 5.56 Å². The van der Waals surface area contributed by atoms with Crippen LogP contribution in [0.4, 0.5) is 11.9 Å². The average Bonchev–Trinajstić information content (AvgIpc) is 2.77. The van der Waals surface area contributed by atoms with Crippen molar-refractivity contribution in [1.82, 2.24) is 24.7 Å². The van der Waals surface area contributed by atoms with Gasteiger partial charge in [-0.25, -0.2) is 4.68 Å². The number of rotatable bonds is 6. The Morgan fingerprint density at radius 2 is 1.79 bits per heavy atom. The van der Waals surface area contributed by atoms with Gasteiger partial charge in [0.1, 0.15) is 0 Å². The molecule has 0 atom stereocenters. The zero-order chi connectivity index (χ0) is 23.4. The molecular weight excluding hydrogens is 446 g/mol. The van der Waals surface area contributed by atoms with Crippen molar-refractivity contribution in [2.24, 2.45) is 0 Å². The van der Waals surface area contributed by atoms with Gasteiger partial charge in [-0.05, 0) is 38.5 Å². The molecule has 1 fully saturated rings. The van der Waals surface area contributed by atoms with Crippen LogP contribution in [0.3, 0.4) is 0 Å². The molecule has 4 rings (SSSR count). The highest BCUT2D eigenvalue weighted by Gasteiger charge is 2.20. The molecule has 1 N–H and O–H groups in total. The number of ether oxygens (including phenoxy) is 2. The van der Waals surface area contributed by atoms with Crippen LogP contribution >= 0.6 is 11.6 Å². The summed E-state index contributed by atoms with van der Waals surface area (Å²) in [5.41, 5.74) is 0.375. The monoisotopic (exact) mass is 471 g/mol. The third-order valence-corrected chi connectivity index (χ3v) is 4.92. The molecule has 0 bridgehead atoms. The molecule has 174 valence electrons. The first-order valence-corrected chi connectivity index (χ1v) is 11.0. The first kappa shape index (κ1) is 22.9. The van der Waals surface area contributed by atoms with Gasteiger partial charge >= 0.3 is 6.01 Å². The van der Waals surface area contributed by atoms with Gasteiger partial charge in [0.15, 0.2) is 0 Å². The predicted molar refractivity (Wildman–Crippen MR) is 125 cm³/mol. The Bertz CT molecular complexity index is 1160. The molecule has 1 saturated heterocycles. The summed E-state index contributed by atoms with van der Waals surface area (Å²) in [7, 11) is 0. The summed E-state index contributed by atoms with van der Waals surface area (Å²) in [5, 5.41) is 8.21. The van der Waals surface area contributed by atoms with Gasteiger partial charge in [0.05, 0.1) is 19.8 Å². The predicted octanol–water partition coefficient (Wildman–Crippen LogP) is 2.97. The molecule has 33 heavy (non-hydrogen) atoms. The Kier molecular flexibility index (Phi) is 6.75. The molecule has 0 radical (unpaired) electrons. The number of hydrogen-bond donors (Lipinski definition) is 1. The van der Waals surface area contributed by atoms with E-state index >= 15 is 0 Å². The minimum Gasteiger partial charge on any atom is -0.403 e. The van der Waals surface area contributed by atoms with Gasteiger partial charge in [0, 0.05) is 35.8 Å². The molecule has 1 aliphatic heterocycles. The number of aromatic nitrogens is 5. The second kappa shape index (κ2) is 9.72. The van der Waals surface area contributed by atoms with E-state index in [1.165, 1.54) is 16.8 Å². The Labute approximate surface area is 196 Å². The molecule has 0 amide bonds. The van der Waals surface area contributed by atoms with Crippen LogP contribution in [0.1, 0.15) is 26.3 Å². The van der Waals surface area contributed by atoms with Crippen LogP contribution in [0, 0.1) is 0 Å². The molecule has 10 nitrogen and oxygen atoms in total. The van der Waals surface area contributed by atoms with E-state index < -0.39 is 0 Å². The fraction of sp³-hybridized carbons (Fsp3) is 0.409. The van der Waals surface area contributed by atoms with Crippen molar-refractivity contribution in [2.75, 3.05) is 36.5 Å². The van der Waals surface area contributed by atoms with Crippen LogP contribution in [0.25, 0.3) is 0 Å². The van der Waals surface area contributed by atoms with Gasteiger partial charge in [-0.2, -0.15) is 15.0 Å².